The number of aromatic amines is 1. The zero-order valence-corrected chi connectivity index (χ0v) is 11.5. The Balaban J connectivity index is 2.02. The number of nitrogens with zero attached hydrogens (tertiary/aromatic N) is 2. The van der Waals surface area contributed by atoms with E-state index in [1.165, 1.54) is 10.6 Å². The van der Waals surface area contributed by atoms with E-state index in [1.807, 2.05) is 6.92 Å². The third kappa shape index (κ3) is 3.78. The van der Waals surface area contributed by atoms with Gasteiger partial charge in [-0.2, -0.15) is 0 Å². The molecule has 106 valence electrons. The quantitative estimate of drug-likeness (QED) is 0.834. The summed E-state index contributed by atoms with van der Waals surface area (Å²) in [6.07, 6.45) is 1.19. The molecule has 2 heterocycles. The van der Waals surface area contributed by atoms with Gasteiger partial charge in [-0.05, 0) is 20.3 Å². The van der Waals surface area contributed by atoms with Gasteiger partial charge >= 0.3 is 5.69 Å². The Bertz CT molecular complexity index is 503. The Labute approximate surface area is 112 Å². The highest BCUT2D eigenvalue weighted by atomic mass is 16.5. The number of H-pyrrole nitrogens is 1. The lowest BCUT2D eigenvalue weighted by Crippen LogP contribution is -2.40. The predicted molar refractivity (Wildman–Crippen MR) is 72.5 cm³/mol. The molecule has 1 fully saturated rings. The summed E-state index contributed by atoms with van der Waals surface area (Å²) in [7, 11) is 0. The van der Waals surface area contributed by atoms with E-state index in [2.05, 4.69) is 9.88 Å². The smallest absolute Gasteiger partial charge is 0.328 e. The van der Waals surface area contributed by atoms with E-state index in [0.29, 0.717) is 18.8 Å². The normalized spacial score (nSPS) is 21.3. The Kier molecular flexibility index (Phi) is 4.55. The molecule has 1 N–H and O–H groups in total. The van der Waals surface area contributed by atoms with E-state index in [1.54, 1.807) is 6.92 Å². The van der Waals surface area contributed by atoms with Crippen LogP contribution in [0, 0.1) is 6.92 Å². The Hall–Kier alpha value is -1.40. The minimum Gasteiger partial charge on any atom is -0.377 e. The highest BCUT2D eigenvalue weighted by molar-refractivity contribution is 4.96. The van der Waals surface area contributed by atoms with Crippen LogP contribution in [0.3, 0.4) is 0 Å². The number of hydrogen-bond acceptors (Lipinski definition) is 4. The van der Waals surface area contributed by atoms with E-state index in [-0.39, 0.29) is 17.4 Å². The summed E-state index contributed by atoms with van der Waals surface area (Å²) in [5, 5.41) is 0. The molecule has 1 aromatic heterocycles. The van der Waals surface area contributed by atoms with E-state index >= 15 is 0 Å². The summed E-state index contributed by atoms with van der Waals surface area (Å²) in [5.41, 5.74) is 0.0348. The zero-order chi connectivity index (χ0) is 13.8. The topological polar surface area (TPSA) is 67.3 Å². The summed E-state index contributed by atoms with van der Waals surface area (Å²) in [6.45, 7) is 7.44. The van der Waals surface area contributed by atoms with Gasteiger partial charge in [-0.15, -0.1) is 0 Å². The van der Waals surface area contributed by atoms with Gasteiger partial charge in [-0.25, -0.2) is 4.79 Å². The second-order valence-corrected chi connectivity index (χ2v) is 5.08. The zero-order valence-electron chi connectivity index (χ0n) is 11.5. The number of hydrogen-bond donors (Lipinski definition) is 1. The lowest BCUT2D eigenvalue weighted by molar-refractivity contribution is 0.0672. The van der Waals surface area contributed by atoms with Crippen molar-refractivity contribution in [1.29, 1.82) is 0 Å². The Morgan fingerprint density at radius 1 is 1.42 bits per heavy atom. The predicted octanol–water partition coefficient (Wildman–Crippen LogP) is -0.0442. The molecule has 0 bridgehead atoms. The molecule has 1 aromatic rings. The summed E-state index contributed by atoms with van der Waals surface area (Å²) in [6, 6.07) is 1.45. The number of ether oxygens (including phenoxy) is 1. The van der Waals surface area contributed by atoms with Gasteiger partial charge < -0.3 is 9.72 Å². The van der Waals surface area contributed by atoms with Gasteiger partial charge in [0.25, 0.3) is 5.56 Å². The minimum absolute atomic E-state index is 0.204. The molecular formula is C13H21N3O3. The van der Waals surface area contributed by atoms with Crippen molar-refractivity contribution < 1.29 is 4.74 Å². The van der Waals surface area contributed by atoms with Crippen LogP contribution in [0.4, 0.5) is 0 Å². The van der Waals surface area contributed by atoms with Crippen LogP contribution >= 0.6 is 0 Å². The van der Waals surface area contributed by atoms with Gasteiger partial charge in [0.2, 0.25) is 0 Å². The molecule has 1 saturated heterocycles. The van der Waals surface area contributed by atoms with Crippen molar-refractivity contribution in [2.75, 3.05) is 26.2 Å². The van der Waals surface area contributed by atoms with Crippen molar-refractivity contribution in [3.8, 4) is 0 Å². The molecule has 0 radical (unpaired) electrons. The molecule has 1 aliphatic heterocycles. The highest BCUT2D eigenvalue weighted by Crippen LogP contribution is 2.04. The van der Waals surface area contributed by atoms with Crippen molar-refractivity contribution >= 4 is 0 Å². The molecule has 6 heteroatoms. The first-order valence-corrected chi connectivity index (χ1v) is 6.71. The van der Waals surface area contributed by atoms with Gasteiger partial charge in [-0.1, -0.05) is 0 Å². The first-order valence-electron chi connectivity index (χ1n) is 6.71. The maximum absolute atomic E-state index is 11.8. The van der Waals surface area contributed by atoms with Crippen LogP contribution in [0.2, 0.25) is 0 Å². The van der Waals surface area contributed by atoms with E-state index in [4.69, 9.17) is 4.74 Å². The second kappa shape index (κ2) is 6.16. The minimum atomic E-state index is -0.330. The van der Waals surface area contributed by atoms with Crippen LogP contribution in [0.25, 0.3) is 0 Å². The standard InChI is InChI=1S/C13H21N3O3/c1-10-8-12(17)16(13(18)14-10)6-5-15-4-3-7-19-11(2)9-15/h8,11H,3-7,9H2,1-2H3,(H,14,18)/t11-/m1/s1. The molecule has 0 amide bonds. The summed E-state index contributed by atoms with van der Waals surface area (Å²) in [4.78, 5) is 28.4. The average molecular weight is 267 g/mol. The number of aryl methyl sites for hydroxylation is 1. The summed E-state index contributed by atoms with van der Waals surface area (Å²) in [5.74, 6) is 0. The van der Waals surface area contributed by atoms with E-state index in [0.717, 1.165) is 26.1 Å². The molecule has 2 rings (SSSR count). The molecule has 0 aromatic carbocycles. The van der Waals surface area contributed by atoms with E-state index in [9.17, 15) is 9.59 Å². The maximum atomic E-state index is 11.8. The third-order valence-electron chi connectivity index (χ3n) is 3.33. The first kappa shape index (κ1) is 14.0. The molecule has 6 nitrogen and oxygen atoms in total. The lowest BCUT2D eigenvalue weighted by atomic mass is 10.3. The molecule has 19 heavy (non-hydrogen) atoms. The molecular weight excluding hydrogens is 246 g/mol. The molecule has 0 spiro atoms. The maximum Gasteiger partial charge on any atom is 0.328 e. The monoisotopic (exact) mass is 267 g/mol. The highest BCUT2D eigenvalue weighted by Gasteiger charge is 2.15. The number of aromatic nitrogens is 2. The van der Waals surface area contributed by atoms with Crippen LogP contribution in [0.1, 0.15) is 19.0 Å². The fourth-order valence-electron chi connectivity index (χ4n) is 2.37. The first-order chi connectivity index (χ1) is 9.06. The second-order valence-electron chi connectivity index (χ2n) is 5.08. The molecule has 0 saturated carbocycles. The van der Waals surface area contributed by atoms with Gasteiger partial charge in [0, 0.05) is 44.5 Å². The van der Waals surface area contributed by atoms with Crippen molar-refractivity contribution in [1.82, 2.24) is 14.5 Å². The van der Waals surface area contributed by atoms with Crippen LogP contribution < -0.4 is 11.2 Å². The number of rotatable bonds is 3. The molecule has 1 aliphatic rings. The lowest BCUT2D eigenvalue weighted by Gasteiger charge is -2.21. The SMILES string of the molecule is Cc1cc(=O)n(CCN2CCCO[C@H](C)C2)c(=O)[nH]1. The third-order valence-corrected chi connectivity index (χ3v) is 3.33. The average Bonchev–Trinajstić information content (AvgIpc) is 2.52. The molecule has 0 unspecified atom stereocenters. The largest absolute Gasteiger partial charge is 0.377 e. The Morgan fingerprint density at radius 3 is 2.95 bits per heavy atom. The van der Waals surface area contributed by atoms with Crippen LogP contribution in [-0.4, -0.2) is 46.8 Å². The number of nitrogens with one attached hydrogen (secondary N) is 1. The molecule has 0 aliphatic carbocycles. The van der Waals surface area contributed by atoms with Crippen molar-refractivity contribution in [3.05, 3.63) is 32.6 Å². The summed E-state index contributed by atoms with van der Waals surface area (Å²) < 4.78 is 6.82. The molecule has 1 atom stereocenters. The fourth-order valence-corrected chi connectivity index (χ4v) is 2.37. The van der Waals surface area contributed by atoms with Gasteiger partial charge in [0.05, 0.1) is 6.10 Å². The van der Waals surface area contributed by atoms with Crippen molar-refractivity contribution in [2.24, 2.45) is 0 Å². The van der Waals surface area contributed by atoms with Gasteiger partial charge in [0.1, 0.15) is 0 Å². The van der Waals surface area contributed by atoms with Crippen LogP contribution in [0.15, 0.2) is 15.7 Å². The van der Waals surface area contributed by atoms with Crippen LogP contribution in [0.5, 0.6) is 0 Å². The van der Waals surface area contributed by atoms with Crippen LogP contribution in [-0.2, 0) is 11.3 Å². The fraction of sp³-hybridized carbons (Fsp3) is 0.692. The summed E-state index contributed by atoms with van der Waals surface area (Å²) >= 11 is 0. The Morgan fingerprint density at radius 2 is 2.21 bits per heavy atom. The van der Waals surface area contributed by atoms with Gasteiger partial charge in [0.15, 0.2) is 0 Å². The van der Waals surface area contributed by atoms with E-state index < -0.39 is 0 Å². The van der Waals surface area contributed by atoms with Crippen molar-refractivity contribution in [2.45, 2.75) is 32.9 Å². The van der Waals surface area contributed by atoms with Crippen molar-refractivity contribution in [3.63, 3.8) is 0 Å². The van der Waals surface area contributed by atoms with Gasteiger partial charge in [-0.3, -0.25) is 14.3 Å².